The first-order chi connectivity index (χ1) is 9.40. The van der Waals surface area contributed by atoms with Crippen LogP contribution in [0.4, 0.5) is 17.6 Å². The zero-order valence-electron chi connectivity index (χ0n) is 10.1. The van der Waals surface area contributed by atoms with Gasteiger partial charge in [-0.25, -0.2) is 17.6 Å². The van der Waals surface area contributed by atoms with Crippen molar-refractivity contribution in [2.24, 2.45) is 0 Å². The summed E-state index contributed by atoms with van der Waals surface area (Å²) in [5.74, 6) is -8.65. The number of benzene rings is 1. The van der Waals surface area contributed by atoms with Crippen molar-refractivity contribution < 1.29 is 27.2 Å². The van der Waals surface area contributed by atoms with Gasteiger partial charge in [-0.1, -0.05) is 0 Å². The minimum atomic E-state index is -2.04. The van der Waals surface area contributed by atoms with Gasteiger partial charge in [-0.15, -0.1) is 0 Å². The summed E-state index contributed by atoms with van der Waals surface area (Å²) < 4.78 is 52.2. The zero-order chi connectivity index (χ0) is 14.9. The van der Waals surface area contributed by atoms with Crippen LogP contribution in [0, 0.1) is 23.3 Å². The van der Waals surface area contributed by atoms with Crippen molar-refractivity contribution in [3.05, 3.63) is 34.9 Å². The Hall–Kier alpha value is -2.12. The highest BCUT2D eigenvalue weighted by atomic mass is 19.2. The Labute approximate surface area is 111 Å². The molecule has 0 aliphatic carbocycles. The smallest absolute Gasteiger partial charge is 0.254 e. The number of piperidine rings is 1. The van der Waals surface area contributed by atoms with Gasteiger partial charge in [0, 0.05) is 19.0 Å². The molecule has 0 bridgehead atoms. The largest absolute Gasteiger partial charge is 0.354 e. The molecule has 1 heterocycles. The van der Waals surface area contributed by atoms with Crippen LogP contribution in [-0.4, -0.2) is 24.4 Å². The van der Waals surface area contributed by atoms with Crippen molar-refractivity contribution in [3.63, 3.8) is 0 Å². The lowest BCUT2D eigenvalue weighted by atomic mass is 10.1. The number of nitrogens with one attached hydrogen (secondary N) is 2. The normalized spacial score (nSPS) is 18.6. The summed E-state index contributed by atoms with van der Waals surface area (Å²) in [5, 5.41) is 4.80. The monoisotopic (exact) mass is 290 g/mol. The van der Waals surface area contributed by atoms with E-state index in [9.17, 15) is 27.2 Å². The van der Waals surface area contributed by atoms with E-state index in [1.165, 1.54) is 0 Å². The van der Waals surface area contributed by atoms with Crippen molar-refractivity contribution in [1.82, 2.24) is 10.6 Å². The summed E-state index contributed by atoms with van der Waals surface area (Å²) in [6, 6.07) is -0.180. The van der Waals surface area contributed by atoms with Crippen LogP contribution in [0.15, 0.2) is 6.07 Å². The lowest BCUT2D eigenvalue weighted by Gasteiger charge is -2.23. The van der Waals surface area contributed by atoms with Crippen molar-refractivity contribution in [2.75, 3.05) is 6.54 Å². The maximum absolute atomic E-state index is 13.4. The van der Waals surface area contributed by atoms with Crippen molar-refractivity contribution in [3.8, 4) is 0 Å². The molecule has 1 atom stereocenters. The number of amides is 2. The van der Waals surface area contributed by atoms with Gasteiger partial charge in [0.1, 0.15) is 0 Å². The predicted octanol–water partition coefficient (Wildman–Crippen LogP) is 1.25. The third kappa shape index (κ3) is 2.73. The van der Waals surface area contributed by atoms with Gasteiger partial charge < -0.3 is 10.6 Å². The van der Waals surface area contributed by atoms with Crippen molar-refractivity contribution >= 4 is 11.8 Å². The first-order valence-corrected chi connectivity index (χ1v) is 5.80. The van der Waals surface area contributed by atoms with Crippen LogP contribution in [0.25, 0.3) is 0 Å². The van der Waals surface area contributed by atoms with Crippen LogP contribution in [0.5, 0.6) is 0 Å². The summed E-state index contributed by atoms with van der Waals surface area (Å²) >= 11 is 0. The Morgan fingerprint density at radius 2 is 1.90 bits per heavy atom. The molecule has 2 amide bonds. The van der Waals surface area contributed by atoms with E-state index in [1.807, 2.05) is 0 Å². The van der Waals surface area contributed by atoms with Gasteiger partial charge in [0.15, 0.2) is 23.3 Å². The number of halogens is 4. The predicted molar refractivity (Wildman–Crippen MR) is 59.8 cm³/mol. The zero-order valence-corrected chi connectivity index (χ0v) is 10.1. The molecule has 1 saturated heterocycles. The highest BCUT2D eigenvalue weighted by Crippen LogP contribution is 2.19. The fourth-order valence-corrected chi connectivity index (χ4v) is 1.86. The van der Waals surface area contributed by atoms with Gasteiger partial charge in [-0.05, 0) is 12.5 Å². The standard InChI is InChI=1S/C12H10F4N2O2/c13-7-3-6(9(14)11(16)10(7)15)12(20)18-5-1-2-8(19)17-4-5/h3,5H,1-2,4H2,(H,17,19)(H,18,20). The molecule has 1 aliphatic rings. The summed E-state index contributed by atoms with van der Waals surface area (Å²) in [4.78, 5) is 22.6. The van der Waals surface area contributed by atoms with Crippen LogP contribution in [0.1, 0.15) is 23.2 Å². The molecule has 2 N–H and O–H groups in total. The van der Waals surface area contributed by atoms with E-state index in [1.54, 1.807) is 0 Å². The van der Waals surface area contributed by atoms with Gasteiger partial charge in [0.25, 0.3) is 5.91 Å². The quantitative estimate of drug-likeness (QED) is 0.489. The number of carbonyl (C=O) groups is 2. The number of hydrogen-bond acceptors (Lipinski definition) is 2. The Kier molecular flexibility index (Phi) is 3.91. The van der Waals surface area contributed by atoms with E-state index >= 15 is 0 Å². The van der Waals surface area contributed by atoms with Crippen LogP contribution in [0.2, 0.25) is 0 Å². The Morgan fingerprint density at radius 3 is 2.50 bits per heavy atom. The molecule has 1 fully saturated rings. The van der Waals surface area contributed by atoms with Gasteiger partial charge in [0.05, 0.1) is 5.56 Å². The van der Waals surface area contributed by atoms with Crippen LogP contribution in [-0.2, 0) is 4.79 Å². The van der Waals surface area contributed by atoms with E-state index in [4.69, 9.17) is 0 Å². The SMILES string of the molecule is O=C1CCC(NC(=O)c2cc(F)c(F)c(F)c2F)CN1. The Bertz CT molecular complexity index is 567. The molecule has 0 radical (unpaired) electrons. The lowest BCUT2D eigenvalue weighted by molar-refractivity contribution is -0.122. The van der Waals surface area contributed by atoms with E-state index in [-0.39, 0.29) is 18.9 Å². The van der Waals surface area contributed by atoms with Crippen LogP contribution < -0.4 is 10.6 Å². The second-order valence-electron chi connectivity index (χ2n) is 4.36. The third-order valence-corrected chi connectivity index (χ3v) is 2.95. The number of rotatable bonds is 2. The average Bonchev–Trinajstić information content (AvgIpc) is 2.43. The maximum Gasteiger partial charge on any atom is 0.254 e. The third-order valence-electron chi connectivity index (χ3n) is 2.95. The van der Waals surface area contributed by atoms with Crippen molar-refractivity contribution in [2.45, 2.75) is 18.9 Å². The summed E-state index contributed by atoms with van der Waals surface area (Å²) in [5.41, 5.74) is -0.918. The van der Waals surface area contributed by atoms with Crippen LogP contribution >= 0.6 is 0 Å². The Balaban J connectivity index is 2.15. The second kappa shape index (κ2) is 5.48. The summed E-state index contributed by atoms with van der Waals surface area (Å²) in [6.07, 6.45) is 0.505. The molecule has 1 aromatic carbocycles. The summed E-state index contributed by atoms with van der Waals surface area (Å²) in [6.45, 7) is 0.137. The topological polar surface area (TPSA) is 58.2 Å². The first kappa shape index (κ1) is 14.3. The first-order valence-electron chi connectivity index (χ1n) is 5.80. The average molecular weight is 290 g/mol. The molecule has 8 heteroatoms. The number of hydrogen-bond donors (Lipinski definition) is 2. The minimum Gasteiger partial charge on any atom is -0.354 e. The fraction of sp³-hybridized carbons (Fsp3) is 0.333. The fourth-order valence-electron chi connectivity index (χ4n) is 1.86. The molecular formula is C12H10F4N2O2. The van der Waals surface area contributed by atoms with Gasteiger partial charge in [0.2, 0.25) is 5.91 Å². The molecule has 0 saturated carbocycles. The van der Waals surface area contributed by atoms with E-state index in [0.717, 1.165) is 0 Å². The molecule has 108 valence electrons. The highest BCUT2D eigenvalue weighted by molar-refractivity contribution is 5.94. The van der Waals surface area contributed by atoms with Gasteiger partial charge in [-0.3, -0.25) is 9.59 Å². The number of carbonyl (C=O) groups excluding carboxylic acids is 2. The maximum atomic E-state index is 13.4. The van der Waals surface area contributed by atoms with E-state index in [0.29, 0.717) is 12.5 Å². The van der Waals surface area contributed by atoms with Crippen LogP contribution in [0.3, 0.4) is 0 Å². The molecule has 4 nitrogen and oxygen atoms in total. The molecule has 1 aromatic rings. The molecule has 1 aliphatic heterocycles. The lowest BCUT2D eigenvalue weighted by Crippen LogP contribution is -2.47. The van der Waals surface area contributed by atoms with E-state index in [2.05, 4.69) is 10.6 Å². The van der Waals surface area contributed by atoms with Gasteiger partial charge >= 0.3 is 0 Å². The van der Waals surface area contributed by atoms with Gasteiger partial charge in [-0.2, -0.15) is 0 Å². The minimum absolute atomic E-state index is 0.137. The Morgan fingerprint density at radius 1 is 1.20 bits per heavy atom. The molecule has 0 spiro atoms. The molecule has 0 aromatic heterocycles. The summed E-state index contributed by atoms with van der Waals surface area (Å²) in [7, 11) is 0. The highest BCUT2D eigenvalue weighted by Gasteiger charge is 2.25. The van der Waals surface area contributed by atoms with E-state index < -0.39 is 40.8 Å². The molecule has 2 rings (SSSR count). The second-order valence-corrected chi connectivity index (χ2v) is 4.36. The molecular weight excluding hydrogens is 280 g/mol. The van der Waals surface area contributed by atoms with Crippen molar-refractivity contribution in [1.29, 1.82) is 0 Å². The molecule has 1 unspecified atom stereocenters. The molecule has 20 heavy (non-hydrogen) atoms.